The summed E-state index contributed by atoms with van der Waals surface area (Å²) in [5, 5.41) is 0. The summed E-state index contributed by atoms with van der Waals surface area (Å²) in [4.78, 5) is 0. The molecule has 3 atom stereocenters. The molecule has 3 unspecified atom stereocenters. The Morgan fingerprint density at radius 1 is 1.50 bits per heavy atom. The van der Waals surface area contributed by atoms with Crippen molar-refractivity contribution in [2.45, 2.75) is 52.2 Å². The highest BCUT2D eigenvalue weighted by atomic mass is 16.5. The van der Waals surface area contributed by atoms with Crippen LogP contribution < -0.4 is 5.73 Å². The summed E-state index contributed by atoms with van der Waals surface area (Å²) in [7, 11) is 0. The highest BCUT2D eigenvalue weighted by molar-refractivity contribution is 5.02. The lowest BCUT2D eigenvalue weighted by atomic mass is 9.62. The average molecular weight is 171 g/mol. The highest BCUT2D eigenvalue weighted by Gasteiger charge is 2.48. The first-order valence-corrected chi connectivity index (χ1v) is 5.02. The van der Waals surface area contributed by atoms with Gasteiger partial charge in [-0.1, -0.05) is 20.8 Å². The Hall–Kier alpha value is -0.0800. The molecule has 0 bridgehead atoms. The van der Waals surface area contributed by atoms with Crippen LogP contribution in [0, 0.1) is 5.41 Å². The SMILES string of the molecule is CCCOC1CC(N)C1(C)CC. The lowest BCUT2D eigenvalue weighted by Crippen LogP contribution is -2.60. The van der Waals surface area contributed by atoms with E-state index in [9.17, 15) is 0 Å². The van der Waals surface area contributed by atoms with E-state index in [0.29, 0.717) is 12.1 Å². The first kappa shape index (κ1) is 10.0. The molecule has 0 aromatic rings. The van der Waals surface area contributed by atoms with Crippen LogP contribution in [0.5, 0.6) is 0 Å². The summed E-state index contributed by atoms with van der Waals surface area (Å²) in [6, 6.07) is 0.351. The first-order chi connectivity index (χ1) is 5.65. The fraction of sp³-hybridized carbons (Fsp3) is 1.00. The monoisotopic (exact) mass is 171 g/mol. The van der Waals surface area contributed by atoms with Crippen molar-refractivity contribution in [3.63, 3.8) is 0 Å². The third kappa shape index (κ3) is 1.50. The van der Waals surface area contributed by atoms with E-state index in [1.54, 1.807) is 0 Å². The predicted molar refractivity (Wildman–Crippen MR) is 51.0 cm³/mol. The molecule has 0 spiro atoms. The van der Waals surface area contributed by atoms with Crippen molar-refractivity contribution >= 4 is 0 Å². The molecule has 0 saturated heterocycles. The Morgan fingerprint density at radius 2 is 2.17 bits per heavy atom. The molecule has 0 amide bonds. The third-order valence-electron chi connectivity index (χ3n) is 3.34. The van der Waals surface area contributed by atoms with Crippen molar-refractivity contribution < 1.29 is 4.74 Å². The number of rotatable bonds is 4. The molecule has 1 saturated carbocycles. The van der Waals surface area contributed by atoms with Gasteiger partial charge in [-0.15, -0.1) is 0 Å². The van der Waals surface area contributed by atoms with E-state index in [1.165, 1.54) is 0 Å². The standard InChI is InChI=1S/C10H21NO/c1-4-6-12-9-7-8(11)10(9,3)5-2/h8-9H,4-7,11H2,1-3H3. The number of nitrogens with two attached hydrogens (primary N) is 1. The van der Waals surface area contributed by atoms with Crippen molar-refractivity contribution in [2.24, 2.45) is 11.1 Å². The van der Waals surface area contributed by atoms with Crippen molar-refractivity contribution in [3.05, 3.63) is 0 Å². The Morgan fingerprint density at radius 3 is 2.58 bits per heavy atom. The molecule has 1 aliphatic rings. The molecule has 2 nitrogen and oxygen atoms in total. The zero-order valence-corrected chi connectivity index (χ0v) is 8.47. The summed E-state index contributed by atoms with van der Waals surface area (Å²) in [6.45, 7) is 7.46. The summed E-state index contributed by atoms with van der Waals surface area (Å²) in [5.41, 5.74) is 6.19. The Bertz CT molecular complexity index is 149. The molecule has 0 aromatic heterocycles. The summed E-state index contributed by atoms with van der Waals surface area (Å²) >= 11 is 0. The van der Waals surface area contributed by atoms with Crippen LogP contribution >= 0.6 is 0 Å². The molecule has 2 N–H and O–H groups in total. The molecular formula is C10H21NO. The van der Waals surface area contributed by atoms with Crippen LogP contribution in [-0.2, 0) is 4.74 Å². The zero-order valence-electron chi connectivity index (χ0n) is 8.47. The van der Waals surface area contributed by atoms with E-state index < -0.39 is 0 Å². The van der Waals surface area contributed by atoms with Gasteiger partial charge < -0.3 is 10.5 Å². The smallest absolute Gasteiger partial charge is 0.0658 e. The summed E-state index contributed by atoms with van der Waals surface area (Å²) in [5.74, 6) is 0. The van der Waals surface area contributed by atoms with E-state index in [2.05, 4.69) is 20.8 Å². The second-order valence-electron chi connectivity index (χ2n) is 4.06. The zero-order chi connectivity index (χ0) is 9.19. The van der Waals surface area contributed by atoms with Gasteiger partial charge in [0.2, 0.25) is 0 Å². The number of ether oxygens (including phenoxy) is 1. The Balaban J connectivity index is 2.37. The minimum atomic E-state index is 0.245. The maximum atomic E-state index is 5.95. The van der Waals surface area contributed by atoms with Gasteiger partial charge in [0.15, 0.2) is 0 Å². The van der Waals surface area contributed by atoms with Crippen LogP contribution in [0.2, 0.25) is 0 Å². The van der Waals surface area contributed by atoms with Gasteiger partial charge in [-0.2, -0.15) is 0 Å². The largest absolute Gasteiger partial charge is 0.378 e. The average Bonchev–Trinajstić information content (AvgIpc) is 2.10. The maximum absolute atomic E-state index is 5.95. The molecule has 1 rings (SSSR count). The van der Waals surface area contributed by atoms with Crippen LogP contribution in [0.4, 0.5) is 0 Å². The minimum absolute atomic E-state index is 0.245. The molecule has 2 heteroatoms. The lowest BCUT2D eigenvalue weighted by molar-refractivity contribution is -0.118. The molecule has 0 aromatic carbocycles. The van der Waals surface area contributed by atoms with E-state index in [1.807, 2.05) is 0 Å². The fourth-order valence-electron chi connectivity index (χ4n) is 1.86. The van der Waals surface area contributed by atoms with Crippen LogP contribution in [0.25, 0.3) is 0 Å². The van der Waals surface area contributed by atoms with Gasteiger partial charge >= 0.3 is 0 Å². The van der Waals surface area contributed by atoms with Gasteiger partial charge in [-0.25, -0.2) is 0 Å². The summed E-state index contributed by atoms with van der Waals surface area (Å²) in [6.07, 6.45) is 3.69. The second kappa shape index (κ2) is 3.75. The topological polar surface area (TPSA) is 35.2 Å². The molecular weight excluding hydrogens is 150 g/mol. The second-order valence-corrected chi connectivity index (χ2v) is 4.06. The number of hydrogen-bond acceptors (Lipinski definition) is 2. The molecule has 72 valence electrons. The van der Waals surface area contributed by atoms with Crippen molar-refractivity contribution in [1.29, 1.82) is 0 Å². The van der Waals surface area contributed by atoms with E-state index >= 15 is 0 Å². The lowest BCUT2D eigenvalue weighted by Gasteiger charge is -2.51. The van der Waals surface area contributed by atoms with Gasteiger partial charge in [0.1, 0.15) is 0 Å². The molecule has 0 heterocycles. The van der Waals surface area contributed by atoms with Crippen LogP contribution in [-0.4, -0.2) is 18.8 Å². The summed E-state index contributed by atoms with van der Waals surface area (Å²) < 4.78 is 5.72. The van der Waals surface area contributed by atoms with Gasteiger partial charge in [-0.05, 0) is 19.3 Å². The molecule has 0 radical (unpaired) electrons. The Kier molecular flexibility index (Phi) is 3.13. The van der Waals surface area contributed by atoms with Crippen molar-refractivity contribution in [1.82, 2.24) is 0 Å². The van der Waals surface area contributed by atoms with E-state index in [4.69, 9.17) is 10.5 Å². The highest BCUT2D eigenvalue weighted by Crippen LogP contribution is 2.44. The van der Waals surface area contributed by atoms with Gasteiger partial charge in [-0.3, -0.25) is 0 Å². The van der Waals surface area contributed by atoms with Gasteiger partial charge in [0.05, 0.1) is 6.10 Å². The third-order valence-corrected chi connectivity index (χ3v) is 3.34. The van der Waals surface area contributed by atoms with E-state index in [0.717, 1.165) is 25.9 Å². The van der Waals surface area contributed by atoms with Crippen molar-refractivity contribution in [2.75, 3.05) is 6.61 Å². The molecule has 1 fully saturated rings. The van der Waals surface area contributed by atoms with Crippen LogP contribution in [0.15, 0.2) is 0 Å². The maximum Gasteiger partial charge on any atom is 0.0658 e. The van der Waals surface area contributed by atoms with Gasteiger partial charge in [0.25, 0.3) is 0 Å². The Labute approximate surface area is 75.5 Å². The van der Waals surface area contributed by atoms with Crippen molar-refractivity contribution in [3.8, 4) is 0 Å². The quantitative estimate of drug-likeness (QED) is 0.701. The number of hydrogen-bond donors (Lipinski definition) is 1. The minimum Gasteiger partial charge on any atom is -0.378 e. The molecule has 0 aliphatic heterocycles. The van der Waals surface area contributed by atoms with Crippen LogP contribution in [0.1, 0.15) is 40.0 Å². The molecule has 12 heavy (non-hydrogen) atoms. The fourth-order valence-corrected chi connectivity index (χ4v) is 1.86. The van der Waals surface area contributed by atoms with Gasteiger partial charge in [0, 0.05) is 18.1 Å². The van der Waals surface area contributed by atoms with Crippen LogP contribution in [0.3, 0.4) is 0 Å². The van der Waals surface area contributed by atoms with E-state index in [-0.39, 0.29) is 5.41 Å². The molecule has 1 aliphatic carbocycles. The first-order valence-electron chi connectivity index (χ1n) is 5.02. The normalized spacial score (nSPS) is 41.0. The predicted octanol–water partition coefficient (Wildman–Crippen LogP) is 1.93.